The number of ether oxygens (including phenoxy) is 1. The largest absolute Gasteiger partial charge is 0.462 e. The highest BCUT2D eigenvalue weighted by Crippen LogP contribution is 2.11. The zero-order chi connectivity index (χ0) is 11.8. The van der Waals surface area contributed by atoms with Crippen LogP contribution in [0.15, 0.2) is 36.9 Å². The van der Waals surface area contributed by atoms with Gasteiger partial charge in [-0.1, -0.05) is 19.1 Å². The van der Waals surface area contributed by atoms with Gasteiger partial charge in [0, 0.05) is 12.2 Å². The summed E-state index contributed by atoms with van der Waals surface area (Å²) in [6.45, 7) is 6.72. The Hall–Kier alpha value is -1.77. The maximum Gasteiger partial charge on any atom is 0.338 e. The summed E-state index contributed by atoms with van der Waals surface area (Å²) in [4.78, 5) is 11.6. The normalized spacial score (nSPS) is 9.56. The minimum atomic E-state index is -0.274. The van der Waals surface area contributed by atoms with Gasteiger partial charge in [-0.2, -0.15) is 0 Å². The van der Waals surface area contributed by atoms with Crippen LogP contribution in [0.25, 0.3) is 0 Å². The Labute approximate surface area is 96.1 Å². The van der Waals surface area contributed by atoms with Crippen molar-refractivity contribution in [3.05, 3.63) is 42.5 Å². The van der Waals surface area contributed by atoms with Crippen molar-refractivity contribution in [1.82, 2.24) is 0 Å². The van der Waals surface area contributed by atoms with Gasteiger partial charge in [-0.25, -0.2) is 4.79 Å². The second kappa shape index (κ2) is 6.67. The van der Waals surface area contributed by atoms with Gasteiger partial charge in [-0.05, 0) is 24.6 Å². The molecule has 1 rings (SSSR count). The standard InChI is InChI=1S/C13H17NO2/c1-3-8-14-12-7-5-6-11(10-12)13(15)16-9-4-2/h3,5-7,10,14H,1,4,8-9H2,2H3. The molecular formula is C13H17NO2. The van der Waals surface area contributed by atoms with Crippen molar-refractivity contribution < 1.29 is 9.53 Å². The number of rotatable bonds is 6. The van der Waals surface area contributed by atoms with Crippen molar-refractivity contribution in [3.8, 4) is 0 Å². The number of anilines is 1. The number of carbonyl (C=O) groups is 1. The second-order valence-corrected chi connectivity index (χ2v) is 3.39. The van der Waals surface area contributed by atoms with E-state index in [0.29, 0.717) is 18.7 Å². The summed E-state index contributed by atoms with van der Waals surface area (Å²) < 4.78 is 5.05. The van der Waals surface area contributed by atoms with E-state index >= 15 is 0 Å². The van der Waals surface area contributed by atoms with Crippen molar-refractivity contribution in [2.75, 3.05) is 18.5 Å². The van der Waals surface area contributed by atoms with Crippen LogP contribution < -0.4 is 5.32 Å². The molecule has 0 radical (unpaired) electrons. The molecule has 16 heavy (non-hydrogen) atoms. The first kappa shape index (κ1) is 12.3. The van der Waals surface area contributed by atoms with Crippen LogP contribution in [0.1, 0.15) is 23.7 Å². The summed E-state index contributed by atoms with van der Waals surface area (Å²) in [6.07, 6.45) is 2.60. The fraction of sp³-hybridized carbons (Fsp3) is 0.308. The van der Waals surface area contributed by atoms with E-state index in [1.54, 1.807) is 18.2 Å². The molecule has 0 amide bonds. The molecule has 0 unspecified atom stereocenters. The first-order chi connectivity index (χ1) is 7.77. The predicted molar refractivity (Wildman–Crippen MR) is 65.7 cm³/mol. The van der Waals surface area contributed by atoms with E-state index < -0.39 is 0 Å². The predicted octanol–water partition coefficient (Wildman–Crippen LogP) is 2.85. The third-order valence-electron chi connectivity index (χ3n) is 1.99. The van der Waals surface area contributed by atoms with Crippen LogP contribution in [0, 0.1) is 0 Å². The summed E-state index contributed by atoms with van der Waals surface area (Å²) in [5.41, 5.74) is 1.47. The Kier molecular flexibility index (Phi) is 5.12. The fourth-order valence-electron chi connectivity index (χ4n) is 1.22. The third kappa shape index (κ3) is 3.77. The van der Waals surface area contributed by atoms with Gasteiger partial charge in [-0.3, -0.25) is 0 Å². The number of carbonyl (C=O) groups excluding carboxylic acids is 1. The summed E-state index contributed by atoms with van der Waals surface area (Å²) in [5, 5.41) is 3.12. The quantitative estimate of drug-likeness (QED) is 0.590. The van der Waals surface area contributed by atoms with Crippen molar-refractivity contribution >= 4 is 11.7 Å². The Morgan fingerprint density at radius 2 is 2.38 bits per heavy atom. The molecule has 0 aromatic heterocycles. The van der Waals surface area contributed by atoms with E-state index in [1.165, 1.54) is 0 Å². The SMILES string of the molecule is C=CCNc1cccc(C(=O)OCCC)c1. The molecule has 0 fully saturated rings. The smallest absolute Gasteiger partial charge is 0.338 e. The maximum atomic E-state index is 11.6. The molecule has 0 heterocycles. The van der Waals surface area contributed by atoms with Gasteiger partial charge in [-0.15, -0.1) is 6.58 Å². The van der Waals surface area contributed by atoms with Crippen molar-refractivity contribution in [1.29, 1.82) is 0 Å². The Morgan fingerprint density at radius 1 is 1.56 bits per heavy atom. The second-order valence-electron chi connectivity index (χ2n) is 3.39. The third-order valence-corrected chi connectivity index (χ3v) is 1.99. The molecule has 1 aromatic carbocycles. The van der Waals surface area contributed by atoms with Gasteiger partial charge in [0.15, 0.2) is 0 Å². The number of hydrogen-bond donors (Lipinski definition) is 1. The number of hydrogen-bond acceptors (Lipinski definition) is 3. The molecule has 0 saturated heterocycles. The average molecular weight is 219 g/mol. The topological polar surface area (TPSA) is 38.3 Å². The van der Waals surface area contributed by atoms with Gasteiger partial charge in [0.25, 0.3) is 0 Å². The van der Waals surface area contributed by atoms with Crippen LogP contribution >= 0.6 is 0 Å². The van der Waals surface area contributed by atoms with E-state index in [-0.39, 0.29) is 5.97 Å². The van der Waals surface area contributed by atoms with E-state index in [9.17, 15) is 4.79 Å². The van der Waals surface area contributed by atoms with Crippen LogP contribution in [0.3, 0.4) is 0 Å². The molecule has 0 aliphatic heterocycles. The lowest BCUT2D eigenvalue weighted by atomic mass is 10.2. The highest BCUT2D eigenvalue weighted by molar-refractivity contribution is 5.90. The Balaban J connectivity index is 2.65. The fourth-order valence-corrected chi connectivity index (χ4v) is 1.22. The van der Waals surface area contributed by atoms with E-state index in [4.69, 9.17) is 4.74 Å². The minimum absolute atomic E-state index is 0.274. The van der Waals surface area contributed by atoms with Gasteiger partial charge < -0.3 is 10.1 Å². The Bertz CT molecular complexity index is 361. The van der Waals surface area contributed by atoms with Crippen LogP contribution in [-0.4, -0.2) is 19.1 Å². The van der Waals surface area contributed by atoms with Gasteiger partial charge in [0.2, 0.25) is 0 Å². The molecule has 0 aliphatic carbocycles. The lowest BCUT2D eigenvalue weighted by Gasteiger charge is -2.06. The van der Waals surface area contributed by atoms with Crippen LogP contribution in [-0.2, 0) is 4.74 Å². The average Bonchev–Trinajstić information content (AvgIpc) is 2.33. The van der Waals surface area contributed by atoms with Crippen LogP contribution in [0.4, 0.5) is 5.69 Å². The molecule has 0 spiro atoms. The zero-order valence-corrected chi connectivity index (χ0v) is 9.53. The first-order valence-electron chi connectivity index (χ1n) is 5.40. The number of nitrogens with one attached hydrogen (secondary N) is 1. The lowest BCUT2D eigenvalue weighted by Crippen LogP contribution is -2.06. The summed E-state index contributed by atoms with van der Waals surface area (Å²) in [6, 6.07) is 7.26. The molecule has 0 bridgehead atoms. The highest BCUT2D eigenvalue weighted by Gasteiger charge is 2.06. The lowest BCUT2D eigenvalue weighted by molar-refractivity contribution is 0.0505. The van der Waals surface area contributed by atoms with Crippen LogP contribution in [0.5, 0.6) is 0 Å². The monoisotopic (exact) mass is 219 g/mol. The molecule has 0 atom stereocenters. The number of esters is 1. The summed E-state index contributed by atoms with van der Waals surface area (Å²) >= 11 is 0. The molecule has 0 saturated carbocycles. The van der Waals surface area contributed by atoms with Crippen LogP contribution in [0.2, 0.25) is 0 Å². The van der Waals surface area contributed by atoms with E-state index in [2.05, 4.69) is 11.9 Å². The molecular weight excluding hydrogens is 202 g/mol. The summed E-state index contributed by atoms with van der Waals surface area (Å²) in [5.74, 6) is -0.274. The number of benzene rings is 1. The molecule has 3 heteroatoms. The van der Waals surface area contributed by atoms with E-state index in [1.807, 2.05) is 19.1 Å². The van der Waals surface area contributed by atoms with E-state index in [0.717, 1.165) is 12.1 Å². The minimum Gasteiger partial charge on any atom is -0.462 e. The van der Waals surface area contributed by atoms with Gasteiger partial charge >= 0.3 is 5.97 Å². The maximum absolute atomic E-state index is 11.6. The highest BCUT2D eigenvalue weighted by atomic mass is 16.5. The van der Waals surface area contributed by atoms with Crippen molar-refractivity contribution in [3.63, 3.8) is 0 Å². The van der Waals surface area contributed by atoms with Gasteiger partial charge in [0.1, 0.15) is 0 Å². The van der Waals surface area contributed by atoms with Crippen molar-refractivity contribution in [2.45, 2.75) is 13.3 Å². The molecule has 1 aromatic rings. The summed E-state index contributed by atoms with van der Waals surface area (Å²) in [7, 11) is 0. The molecule has 3 nitrogen and oxygen atoms in total. The molecule has 1 N–H and O–H groups in total. The van der Waals surface area contributed by atoms with Gasteiger partial charge in [0.05, 0.1) is 12.2 Å². The first-order valence-corrected chi connectivity index (χ1v) is 5.40. The zero-order valence-electron chi connectivity index (χ0n) is 9.53. The van der Waals surface area contributed by atoms with Crippen molar-refractivity contribution in [2.24, 2.45) is 0 Å². The molecule has 86 valence electrons. The Morgan fingerprint density at radius 3 is 3.06 bits per heavy atom. The molecule has 0 aliphatic rings.